The third-order valence-corrected chi connectivity index (χ3v) is 3.41. The van der Waals surface area contributed by atoms with Gasteiger partial charge in [0.05, 0.1) is 6.54 Å². The summed E-state index contributed by atoms with van der Waals surface area (Å²) in [5.41, 5.74) is 5.82. The van der Waals surface area contributed by atoms with Gasteiger partial charge in [-0.05, 0) is 12.8 Å². The first-order valence-electron chi connectivity index (χ1n) is 4.54. The first-order valence-corrected chi connectivity index (χ1v) is 5.52. The Balaban J connectivity index is 1.88. The second-order valence-electron chi connectivity index (χ2n) is 3.34. The Labute approximate surface area is 77.4 Å². The number of amidine groups is 1. The number of piperidine rings is 1. The molecule has 12 heavy (non-hydrogen) atoms. The molecule has 2 N–H and O–H groups in total. The van der Waals surface area contributed by atoms with E-state index in [1.807, 2.05) is 11.8 Å². The van der Waals surface area contributed by atoms with E-state index in [2.05, 4.69) is 9.89 Å². The van der Waals surface area contributed by atoms with E-state index >= 15 is 0 Å². The number of rotatable bonds is 0. The molecule has 0 amide bonds. The van der Waals surface area contributed by atoms with Gasteiger partial charge in [0.15, 0.2) is 5.17 Å². The molecule has 68 valence electrons. The number of hydrogen-bond donors (Lipinski definition) is 1. The molecule has 3 nitrogen and oxygen atoms in total. The molecule has 4 heteroatoms. The summed E-state index contributed by atoms with van der Waals surface area (Å²) in [6.07, 6.45) is 2.25. The summed E-state index contributed by atoms with van der Waals surface area (Å²) in [6.45, 7) is 3.21. The smallest absolute Gasteiger partial charge is 0.159 e. The molecule has 2 rings (SSSR count). The molecule has 2 aliphatic rings. The van der Waals surface area contributed by atoms with Crippen molar-refractivity contribution in [2.75, 3.05) is 25.4 Å². The number of aliphatic imine (C=N–C) groups is 1. The van der Waals surface area contributed by atoms with Crippen LogP contribution in [0.4, 0.5) is 0 Å². The van der Waals surface area contributed by atoms with Crippen LogP contribution in [0, 0.1) is 0 Å². The highest BCUT2D eigenvalue weighted by Gasteiger charge is 2.20. The molecule has 0 bridgehead atoms. The van der Waals surface area contributed by atoms with E-state index in [-0.39, 0.29) is 0 Å². The Morgan fingerprint density at radius 2 is 2.17 bits per heavy atom. The zero-order chi connectivity index (χ0) is 8.39. The lowest BCUT2D eigenvalue weighted by atomic mass is 10.1. The molecule has 2 aliphatic heterocycles. The Bertz CT molecular complexity index is 185. The molecule has 2 heterocycles. The number of nitrogens with two attached hydrogens (primary N) is 1. The van der Waals surface area contributed by atoms with Gasteiger partial charge in [0.2, 0.25) is 0 Å². The molecule has 0 unspecified atom stereocenters. The predicted molar refractivity (Wildman–Crippen MR) is 53.5 cm³/mol. The van der Waals surface area contributed by atoms with Crippen LogP contribution in [0.5, 0.6) is 0 Å². The molecule has 1 saturated heterocycles. The molecule has 0 radical (unpaired) electrons. The Morgan fingerprint density at radius 3 is 2.75 bits per heavy atom. The van der Waals surface area contributed by atoms with Crippen molar-refractivity contribution >= 4 is 16.9 Å². The van der Waals surface area contributed by atoms with E-state index in [1.54, 1.807) is 0 Å². The number of nitrogens with zero attached hydrogens (tertiary/aromatic N) is 2. The molecular weight excluding hydrogens is 170 g/mol. The van der Waals surface area contributed by atoms with E-state index in [1.165, 1.54) is 5.17 Å². The molecule has 0 aromatic rings. The van der Waals surface area contributed by atoms with Crippen LogP contribution >= 0.6 is 11.8 Å². The maximum atomic E-state index is 5.82. The highest BCUT2D eigenvalue weighted by Crippen LogP contribution is 2.19. The van der Waals surface area contributed by atoms with Gasteiger partial charge in [-0.1, -0.05) is 11.8 Å². The molecule has 0 aromatic heterocycles. The summed E-state index contributed by atoms with van der Waals surface area (Å²) in [7, 11) is 0. The van der Waals surface area contributed by atoms with Crippen molar-refractivity contribution in [3.8, 4) is 0 Å². The summed E-state index contributed by atoms with van der Waals surface area (Å²) < 4.78 is 0. The lowest BCUT2D eigenvalue weighted by molar-refractivity contribution is 0.318. The molecule has 1 fully saturated rings. The first kappa shape index (κ1) is 8.38. The Kier molecular flexibility index (Phi) is 2.56. The van der Waals surface area contributed by atoms with E-state index in [4.69, 9.17) is 5.73 Å². The van der Waals surface area contributed by atoms with Gasteiger partial charge in [0.1, 0.15) is 0 Å². The highest BCUT2D eigenvalue weighted by molar-refractivity contribution is 8.14. The van der Waals surface area contributed by atoms with Crippen LogP contribution in [0.25, 0.3) is 0 Å². The monoisotopic (exact) mass is 185 g/mol. The quantitative estimate of drug-likeness (QED) is 0.598. The summed E-state index contributed by atoms with van der Waals surface area (Å²) in [5.74, 6) is 1.16. The standard InChI is InChI=1S/C8H15N3S/c9-7-1-4-11(5-2-7)8-10-3-6-12-8/h7H,1-6,9H2. The average molecular weight is 185 g/mol. The number of likely N-dealkylation sites (tertiary alicyclic amines) is 1. The summed E-state index contributed by atoms with van der Waals surface area (Å²) >= 11 is 1.89. The van der Waals surface area contributed by atoms with Gasteiger partial charge in [0.25, 0.3) is 0 Å². The van der Waals surface area contributed by atoms with Crippen LogP contribution in [0.3, 0.4) is 0 Å². The van der Waals surface area contributed by atoms with Crippen molar-refractivity contribution < 1.29 is 0 Å². The van der Waals surface area contributed by atoms with Crippen LogP contribution in [-0.4, -0.2) is 41.5 Å². The van der Waals surface area contributed by atoms with E-state index in [0.29, 0.717) is 6.04 Å². The van der Waals surface area contributed by atoms with Crippen molar-refractivity contribution in [3.05, 3.63) is 0 Å². The van der Waals surface area contributed by atoms with Crippen molar-refractivity contribution in [2.24, 2.45) is 10.7 Å². The third kappa shape index (κ3) is 1.75. The van der Waals surface area contributed by atoms with Crippen molar-refractivity contribution in [3.63, 3.8) is 0 Å². The van der Waals surface area contributed by atoms with Crippen LogP contribution < -0.4 is 5.73 Å². The first-order chi connectivity index (χ1) is 5.86. The third-order valence-electron chi connectivity index (χ3n) is 2.38. The van der Waals surface area contributed by atoms with E-state index in [9.17, 15) is 0 Å². The van der Waals surface area contributed by atoms with Gasteiger partial charge >= 0.3 is 0 Å². The fraction of sp³-hybridized carbons (Fsp3) is 0.875. The Hall–Kier alpha value is -0.220. The zero-order valence-electron chi connectivity index (χ0n) is 7.20. The largest absolute Gasteiger partial charge is 0.351 e. The van der Waals surface area contributed by atoms with E-state index in [0.717, 1.165) is 38.2 Å². The molecule has 0 aliphatic carbocycles. The normalized spacial score (nSPS) is 26.1. The lowest BCUT2D eigenvalue weighted by Crippen LogP contribution is -2.41. The van der Waals surface area contributed by atoms with Crippen molar-refractivity contribution in [1.82, 2.24) is 4.90 Å². The van der Waals surface area contributed by atoms with E-state index < -0.39 is 0 Å². The lowest BCUT2D eigenvalue weighted by Gasteiger charge is -2.31. The second kappa shape index (κ2) is 3.66. The predicted octanol–water partition coefficient (Wildman–Crippen LogP) is 0.512. The summed E-state index contributed by atoms with van der Waals surface area (Å²) in [6, 6.07) is 0.424. The zero-order valence-corrected chi connectivity index (χ0v) is 8.02. The highest BCUT2D eigenvalue weighted by atomic mass is 32.2. The maximum absolute atomic E-state index is 5.82. The molecule has 0 saturated carbocycles. The minimum atomic E-state index is 0.424. The van der Waals surface area contributed by atoms with Gasteiger partial charge in [0, 0.05) is 24.9 Å². The Morgan fingerprint density at radius 1 is 1.42 bits per heavy atom. The maximum Gasteiger partial charge on any atom is 0.159 e. The fourth-order valence-corrected chi connectivity index (χ4v) is 2.52. The molecule has 0 aromatic carbocycles. The van der Waals surface area contributed by atoms with Gasteiger partial charge in [-0.2, -0.15) is 0 Å². The van der Waals surface area contributed by atoms with Crippen LogP contribution in [0.15, 0.2) is 4.99 Å². The number of hydrogen-bond acceptors (Lipinski definition) is 4. The molecule has 0 atom stereocenters. The molecular formula is C8H15N3S. The van der Waals surface area contributed by atoms with Crippen molar-refractivity contribution in [1.29, 1.82) is 0 Å². The summed E-state index contributed by atoms with van der Waals surface area (Å²) in [4.78, 5) is 6.83. The van der Waals surface area contributed by atoms with Crippen LogP contribution in [0.2, 0.25) is 0 Å². The topological polar surface area (TPSA) is 41.6 Å². The second-order valence-corrected chi connectivity index (χ2v) is 4.40. The molecule has 0 spiro atoms. The fourth-order valence-electron chi connectivity index (χ4n) is 1.61. The minimum absolute atomic E-state index is 0.424. The van der Waals surface area contributed by atoms with Gasteiger partial charge < -0.3 is 10.6 Å². The van der Waals surface area contributed by atoms with Gasteiger partial charge in [-0.15, -0.1) is 0 Å². The summed E-state index contributed by atoms with van der Waals surface area (Å²) in [5, 5.41) is 1.25. The average Bonchev–Trinajstić information content (AvgIpc) is 2.58. The minimum Gasteiger partial charge on any atom is -0.351 e. The van der Waals surface area contributed by atoms with Crippen molar-refractivity contribution in [2.45, 2.75) is 18.9 Å². The SMILES string of the molecule is NC1CCN(C2=NCCS2)CC1. The van der Waals surface area contributed by atoms with Gasteiger partial charge in [-0.25, -0.2) is 0 Å². The number of thioether (sulfide) groups is 1. The van der Waals surface area contributed by atoms with Crippen LogP contribution in [0.1, 0.15) is 12.8 Å². The van der Waals surface area contributed by atoms with Crippen LogP contribution in [-0.2, 0) is 0 Å². The van der Waals surface area contributed by atoms with Gasteiger partial charge in [-0.3, -0.25) is 4.99 Å².